The molecule has 4 rings (SSSR count). The molecular formula is C23H25N3O4. The molecule has 3 aromatic rings. The molecule has 0 aliphatic carbocycles. The molecule has 1 aromatic heterocycles. The largest absolute Gasteiger partial charge is 0.392 e. The average Bonchev–Trinajstić information content (AvgIpc) is 3.19. The van der Waals surface area contributed by atoms with Gasteiger partial charge >= 0.3 is 0 Å². The summed E-state index contributed by atoms with van der Waals surface area (Å²) in [6, 6.07) is 13.6. The maximum Gasteiger partial charge on any atom is 0.267 e. The van der Waals surface area contributed by atoms with Crippen LogP contribution in [0, 0.1) is 0 Å². The van der Waals surface area contributed by atoms with Gasteiger partial charge in [0.2, 0.25) is 0 Å². The highest BCUT2D eigenvalue weighted by Gasteiger charge is 2.14. The highest BCUT2D eigenvalue weighted by Crippen LogP contribution is 2.17. The number of aliphatic hydroxyl groups excluding tert-OH is 1. The molecule has 1 atom stereocenters. The molecule has 1 fully saturated rings. The third-order valence-electron chi connectivity index (χ3n) is 4.99. The number of hydroxylamine groups is 1. The molecule has 156 valence electrons. The number of fused-ring (bicyclic) bond motifs is 1. The Morgan fingerprint density at radius 1 is 1.23 bits per heavy atom. The number of benzene rings is 2. The molecule has 0 spiro atoms. The molecule has 2 aromatic carbocycles. The molecule has 0 bridgehead atoms. The number of aromatic amines is 1. The van der Waals surface area contributed by atoms with Crippen molar-refractivity contribution in [3.8, 4) is 0 Å². The minimum Gasteiger partial charge on any atom is -0.392 e. The fourth-order valence-electron chi connectivity index (χ4n) is 3.36. The van der Waals surface area contributed by atoms with Crippen molar-refractivity contribution in [3.05, 3.63) is 71.1 Å². The minimum atomic E-state index is -0.358. The molecule has 1 aliphatic rings. The first-order chi connectivity index (χ1) is 14.7. The second kappa shape index (κ2) is 9.67. The Morgan fingerprint density at radius 2 is 2.07 bits per heavy atom. The predicted molar refractivity (Wildman–Crippen MR) is 113 cm³/mol. The maximum absolute atomic E-state index is 11.9. The van der Waals surface area contributed by atoms with E-state index in [1.807, 2.05) is 42.5 Å². The second-order valence-electron chi connectivity index (χ2n) is 7.33. The first-order valence-corrected chi connectivity index (χ1v) is 10.1. The van der Waals surface area contributed by atoms with Crippen LogP contribution in [0.3, 0.4) is 0 Å². The van der Waals surface area contributed by atoms with E-state index in [9.17, 15) is 9.90 Å². The zero-order chi connectivity index (χ0) is 20.8. The van der Waals surface area contributed by atoms with Crippen LogP contribution in [0.4, 0.5) is 0 Å². The molecule has 3 N–H and O–H groups in total. The lowest BCUT2D eigenvalue weighted by Gasteiger charge is -2.21. The van der Waals surface area contributed by atoms with Crippen molar-refractivity contribution in [2.45, 2.75) is 38.6 Å². The van der Waals surface area contributed by atoms with Crippen LogP contribution in [0.25, 0.3) is 17.1 Å². The SMILES string of the molecule is O=C(/C=C/c1ccc(Cc2nc3cc(CO)ccc3[nH]2)cc1)NOC1CCCCO1. The smallest absolute Gasteiger partial charge is 0.267 e. The summed E-state index contributed by atoms with van der Waals surface area (Å²) in [6.07, 6.45) is 6.36. The van der Waals surface area contributed by atoms with E-state index >= 15 is 0 Å². The molecule has 30 heavy (non-hydrogen) atoms. The topological polar surface area (TPSA) is 96.5 Å². The molecule has 7 nitrogen and oxygen atoms in total. The summed E-state index contributed by atoms with van der Waals surface area (Å²) in [7, 11) is 0. The number of H-pyrrole nitrogens is 1. The highest BCUT2D eigenvalue weighted by molar-refractivity contribution is 5.90. The molecule has 2 heterocycles. The van der Waals surface area contributed by atoms with Gasteiger partial charge in [-0.2, -0.15) is 0 Å². The molecular weight excluding hydrogens is 382 g/mol. The number of hydrogen-bond acceptors (Lipinski definition) is 5. The van der Waals surface area contributed by atoms with Crippen LogP contribution in [0.5, 0.6) is 0 Å². The average molecular weight is 407 g/mol. The summed E-state index contributed by atoms with van der Waals surface area (Å²) >= 11 is 0. The summed E-state index contributed by atoms with van der Waals surface area (Å²) in [5.74, 6) is 0.544. The summed E-state index contributed by atoms with van der Waals surface area (Å²) in [4.78, 5) is 25.1. The lowest BCUT2D eigenvalue weighted by atomic mass is 10.1. The summed E-state index contributed by atoms with van der Waals surface area (Å²) in [5.41, 5.74) is 7.08. The van der Waals surface area contributed by atoms with Gasteiger partial charge in [0.05, 0.1) is 17.6 Å². The molecule has 7 heteroatoms. The summed E-state index contributed by atoms with van der Waals surface area (Å²) < 4.78 is 5.40. The molecule has 1 saturated heterocycles. The fourth-order valence-corrected chi connectivity index (χ4v) is 3.36. The number of amides is 1. The Labute approximate surface area is 174 Å². The van der Waals surface area contributed by atoms with E-state index < -0.39 is 0 Å². The number of carbonyl (C=O) groups is 1. The Morgan fingerprint density at radius 3 is 2.83 bits per heavy atom. The Kier molecular flexibility index (Phi) is 6.53. The van der Waals surface area contributed by atoms with Crippen molar-refractivity contribution in [3.63, 3.8) is 0 Å². The zero-order valence-corrected chi connectivity index (χ0v) is 16.6. The first kappa shape index (κ1) is 20.3. The van der Waals surface area contributed by atoms with Crippen molar-refractivity contribution in [1.82, 2.24) is 15.4 Å². The Hall–Kier alpha value is -3.00. The second-order valence-corrected chi connectivity index (χ2v) is 7.33. The van der Waals surface area contributed by atoms with E-state index in [4.69, 9.17) is 9.57 Å². The van der Waals surface area contributed by atoms with Gasteiger partial charge in [-0.1, -0.05) is 30.3 Å². The number of ether oxygens (including phenoxy) is 1. The number of nitrogens with zero attached hydrogens (tertiary/aromatic N) is 1. The van der Waals surface area contributed by atoms with Crippen molar-refractivity contribution in [2.24, 2.45) is 0 Å². The lowest BCUT2D eigenvalue weighted by molar-refractivity contribution is -0.198. The van der Waals surface area contributed by atoms with E-state index in [1.165, 1.54) is 6.08 Å². The van der Waals surface area contributed by atoms with Gasteiger partial charge in [0.15, 0.2) is 6.29 Å². The van der Waals surface area contributed by atoms with Crippen LogP contribution in [-0.4, -0.2) is 33.9 Å². The van der Waals surface area contributed by atoms with E-state index in [1.54, 1.807) is 6.08 Å². The van der Waals surface area contributed by atoms with Crippen molar-refractivity contribution in [1.29, 1.82) is 0 Å². The van der Waals surface area contributed by atoms with Gasteiger partial charge in [-0.15, -0.1) is 0 Å². The number of hydrogen-bond donors (Lipinski definition) is 3. The van der Waals surface area contributed by atoms with Gasteiger partial charge < -0.3 is 14.8 Å². The number of rotatable bonds is 7. The van der Waals surface area contributed by atoms with Gasteiger partial charge in [0.25, 0.3) is 5.91 Å². The third kappa shape index (κ3) is 5.33. The van der Waals surface area contributed by atoms with E-state index in [0.717, 1.165) is 52.8 Å². The van der Waals surface area contributed by atoms with E-state index in [2.05, 4.69) is 15.4 Å². The third-order valence-corrected chi connectivity index (χ3v) is 4.99. The molecule has 1 unspecified atom stereocenters. The van der Waals surface area contributed by atoms with Gasteiger partial charge in [-0.3, -0.25) is 4.79 Å². The van der Waals surface area contributed by atoms with E-state index in [0.29, 0.717) is 13.0 Å². The van der Waals surface area contributed by atoms with Crippen LogP contribution >= 0.6 is 0 Å². The van der Waals surface area contributed by atoms with Crippen molar-refractivity contribution < 1.29 is 19.5 Å². The number of carbonyl (C=O) groups excluding carboxylic acids is 1. The van der Waals surface area contributed by atoms with Crippen LogP contribution < -0.4 is 5.48 Å². The zero-order valence-electron chi connectivity index (χ0n) is 16.6. The normalized spacial score (nSPS) is 16.9. The maximum atomic E-state index is 11.9. The van der Waals surface area contributed by atoms with Crippen molar-refractivity contribution >= 4 is 23.0 Å². The molecule has 0 saturated carbocycles. The summed E-state index contributed by atoms with van der Waals surface area (Å²) in [5, 5.41) is 9.25. The molecule has 1 aliphatic heterocycles. The fraction of sp³-hybridized carbons (Fsp3) is 0.304. The van der Waals surface area contributed by atoms with Crippen molar-refractivity contribution in [2.75, 3.05) is 6.61 Å². The predicted octanol–water partition coefficient (Wildman–Crippen LogP) is 3.23. The van der Waals surface area contributed by atoms with Gasteiger partial charge in [-0.05, 0) is 47.7 Å². The summed E-state index contributed by atoms with van der Waals surface area (Å²) in [6.45, 7) is 0.673. The van der Waals surface area contributed by atoms with Crippen LogP contribution in [-0.2, 0) is 27.4 Å². The van der Waals surface area contributed by atoms with Crippen LogP contribution in [0.15, 0.2) is 48.5 Å². The first-order valence-electron chi connectivity index (χ1n) is 10.1. The number of imidazole rings is 1. The van der Waals surface area contributed by atoms with Gasteiger partial charge in [-0.25, -0.2) is 15.3 Å². The molecule has 1 amide bonds. The quantitative estimate of drug-likeness (QED) is 0.413. The minimum absolute atomic E-state index is 0.00558. The number of aromatic nitrogens is 2. The monoisotopic (exact) mass is 407 g/mol. The van der Waals surface area contributed by atoms with Gasteiger partial charge in [0, 0.05) is 25.5 Å². The number of nitrogens with one attached hydrogen (secondary N) is 2. The lowest BCUT2D eigenvalue weighted by Crippen LogP contribution is -2.32. The number of aliphatic hydroxyl groups is 1. The molecule has 0 radical (unpaired) electrons. The Balaban J connectivity index is 1.31. The highest BCUT2D eigenvalue weighted by atomic mass is 16.8. The standard InChI is InChI=1S/C23H25N3O4/c27-15-18-8-10-19-20(13-18)25-21(24-19)14-17-6-4-16(5-7-17)9-11-22(28)26-30-23-3-1-2-12-29-23/h4-11,13,23,27H,1-3,12,14-15H2,(H,24,25)(H,26,28)/b11-9+. The van der Waals surface area contributed by atoms with Gasteiger partial charge in [0.1, 0.15) is 5.82 Å². The van der Waals surface area contributed by atoms with E-state index in [-0.39, 0.29) is 18.8 Å². The van der Waals surface area contributed by atoms with Crippen LogP contribution in [0.2, 0.25) is 0 Å². The Bertz CT molecular complexity index is 1020. The van der Waals surface area contributed by atoms with Crippen LogP contribution in [0.1, 0.15) is 41.8 Å².